The number of ether oxygens (including phenoxy) is 1. The molecule has 2 atom stereocenters. The van der Waals surface area contributed by atoms with Crippen LogP contribution < -0.4 is 15.4 Å². The molecule has 34 heavy (non-hydrogen) atoms. The van der Waals surface area contributed by atoms with Crippen molar-refractivity contribution in [2.45, 2.75) is 51.0 Å². The van der Waals surface area contributed by atoms with E-state index < -0.39 is 12.0 Å². The highest BCUT2D eigenvalue weighted by atomic mass is 16.5. The number of aromatic nitrogens is 2. The second kappa shape index (κ2) is 9.87. The Hall–Kier alpha value is -3.36. The zero-order valence-corrected chi connectivity index (χ0v) is 19.3. The Bertz CT molecular complexity index is 1080. The van der Waals surface area contributed by atoms with Crippen LogP contribution in [0, 0.1) is 5.92 Å². The van der Waals surface area contributed by atoms with Crippen molar-refractivity contribution in [1.29, 1.82) is 0 Å². The van der Waals surface area contributed by atoms with E-state index in [1.807, 2.05) is 0 Å². The normalized spacial score (nSPS) is 19.9. The first-order chi connectivity index (χ1) is 16.6. The van der Waals surface area contributed by atoms with Crippen molar-refractivity contribution in [3.8, 4) is 5.75 Å². The molecule has 1 saturated heterocycles. The van der Waals surface area contributed by atoms with Gasteiger partial charge in [-0.15, -0.1) is 0 Å². The quantitative estimate of drug-likeness (QED) is 0.545. The van der Waals surface area contributed by atoms with Gasteiger partial charge in [-0.3, -0.25) is 9.59 Å². The molecular formula is C25H31N5O4. The molecule has 1 unspecified atom stereocenters. The summed E-state index contributed by atoms with van der Waals surface area (Å²) in [5.41, 5.74) is 2.91. The van der Waals surface area contributed by atoms with Gasteiger partial charge in [-0.25, -0.2) is 9.97 Å². The third kappa shape index (κ3) is 4.78. The lowest BCUT2D eigenvalue weighted by atomic mass is 9.99. The number of carbonyl (C=O) groups excluding carboxylic acids is 1. The van der Waals surface area contributed by atoms with Crippen LogP contribution in [0.1, 0.15) is 55.1 Å². The highest BCUT2D eigenvalue weighted by Gasteiger charge is 2.38. The molecule has 9 nitrogen and oxygen atoms in total. The van der Waals surface area contributed by atoms with Crippen molar-refractivity contribution in [3.05, 3.63) is 41.2 Å². The smallest absolute Gasteiger partial charge is 0.305 e. The predicted molar refractivity (Wildman–Crippen MR) is 127 cm³/mol. The monoisotopic (exact) mass is 465 g/mol. The lowest BCUT2D eigenvalue weighted by molar-refractivity contribution is -0.140. The number of carboxylic acid groups (broad SMARTS) is 1. The number of likely N-dealkylation sites (tertiary alicyclic amines) is 1. The van der Waals surface area contributed by atoms with Gasteiger partial charge in [-0.1, -0.05) is 6.07 Å². The maximum Gasteiger partial charge on any atom is 0.305 e. The fourth-order valence-electron chi connectivity index (χ4n) is 5.14. The number of aryl methyl sites for hydroxylation is 2. The lowest BCUT2D eigenvalue weighted by Crippen LogP contribution is -2.34. The Kier molecular flexibility index (Phi) is 6.51. The van der Waals surface area contributed by atoms with Gasteiger partial charge in [0.05, 0.1) is 24.7 Å². The van der Waals surface area contributed by atoms with Crippen molar-refractivity contribution < 1.29 is 19.4 Å². The van der Waals surface area contributed by atoms with E-state index in [0.717, 1.165) is 56.6 Å². The van der Waals surface area contributed by atoms with Gasteiger partial charge < -0.3 is 25.4 Å². The number of carboxylic acids is 1. The van der Waals surface area contributed by atoms with Gasteiger partial charge in [0.15, 0.2) is 11.6 Å². The van der Waals surface area contributed by atoms with Gasteiger partial charge in [0.25, 0.3) is 0 Å². The average molecular weight is 466 g/mol. The molecule has 1 amide bonds. The van der Waals surface area contributed by atoms with Crippen LogP contribution in [0.3, 0.4) is 0 Å². The molecule has 3 N–H and O–H groups in total. The molecule has 180 valence electrons. The van der Waals surface area contributed by atoms with Crippen LogP contribution >= 0.6 is 0 Å². The number of amides is 1. The zero-order valence-electron chi connectivity index (χ0n) is 19.3. The molecular weight excluding hydrogens is 434 g/mol. The molecule has 0 spiro atoms. The fraction of sp³-hybridized carbons (Fsp3) is 0.520. The Balaban J connectivity index is 1.22. The molecule has 9 heteroatoms. The Morgan fingerprint density at radius 3 is 2.94 bits per heavy atom. The van der Waals surface area contributed by atoms with Crippen LogP contribution in [0.2, 0.25) is 0 Å². The second-order valence-electron chi connectivity index (χ2n) is 9.22. The maximum absolute atomic E-state index is 13.3. The number of nitrogens with one attached hydrogen (secondary N) is 2. The zero-order chi connectivity index (χ0) is 23.5. The third-order valence-corrected chi connectivity index (χ3v) is 6.91. The maximum atomic E-state index is 13.3. The lowest BCUT2D eigenvalue weighted by Gasteiger charge is -2.28. The van der Waals surface area contributed by atoms with Crippen molar-refractivity contribution in [2.75, 3.05) is 36.9 Å². The van der Waals surface area contributed by atoms with Crippen LogP contribution in [0.25, 0.3) is 0 Å². The summed E-state index contributed by atoms with van der Waals surface area (Å²) in [5, 5.41) is 16.1. The summed E-state index contributed by atoms with van der Waals surface area (Å²) in [4.78, 5) is 36.0. The van der Waals surface area contributed by atoms with E-state index in [1.54, 1.807) is 17.0 Å². The van der Waals surface area contributed by atoms with Gasteiger partial charge in [0.2, 0.25) is 5.91 Å². The van der Waals surface area contributed by atoms with Gasteiger partial charge in [0.1, 0.15) is 12.4 Å². The minimum absolute atomic E-state index is 0.0232. The largest absolute Gasteiger partial charge is 0.488 e. The molecule has 3 aliphatic heterocycles. The van der Waals surface area contributed by atoms with Crippen LogP contribution in [0.5, 0.6) is 5.75 Å². The van der Waals surface area contributed by atoms with Gasteiger partial charge in [-0.2, -0.15) is 0 Å². The summed E-state index contributed by atoms with van der Waals surface area (Å²) in [5.74, 6) is 1.24. The van der Waals surface area contributed by atoms with Gasteiger partial charge in [-0.05, 0) is 62.3 Å². The van der Waals surface area contributed by atoms with Crippen molar-refractivity contribution in [3.63, 3.8) is 0 Å². The first-order valence-corrected chi connectivity index (χ1v) is 12.2. The number of hydrogen-bond donors (Lipinski definition) is 3. The highest BCUT2D eigenvalue weighted by Crippen LogP contribution is 2.35. The third-order valence-electron chi connectivity index (χ3n) is 6.91. The van der Waals surface area contributed by atoms with Crippen molar-refractivity contribution >= 4 is 23.5 Å². The number of pyridine rings is 2. The van der Waals surface area contributed by atoms with Crippen LogP contribution in [0.4, 0.5) is 11.6 Å². The minimum Gasteiger partial charge on any atom is -0.488 e. The van der Waals surface area contributed by atoms with E-state index in [4.69, 9.17) is 9.72 Å². The summed E-state index contributed by atoms with van der Waals surface area (Å²) in [7, 11) is 0. The Morgan fingerprint density at radius 2 is 2.06 bits per heavy atom. The van der Waals surface area contributed by atoms with E-state index in [2.05, 4.69) is 27.8 Å². The molecule has 5 heterocycles. The second-order valence-corrected chi connectivity index (χ2v) is 9.22. The van der Waals surface area contributed by atoms with Gasteiger partial charge in [0, 0.05) is 24.7 Å². The van der Waals surface area contributed by atoms with Crippen molar-refractivity contribution in [2.24, 2.45) is 5.92 Å². The molecule has 2 aromatic rings. The number of aliphatic carboxylic acids is 1. The van der Waals surface area contributed by atoms with E-state index >= 15 is 0 Å². The van der Waals surface area contributed by atoms with Gasteiger partial charge >= 0.3 is 5.97 Å². The minimum atomic E-state index is -0.947. The number of anilines is 2. The van der Waals surface area contributed by atoms with E-state index in [1.165, 1.54) is 5.56 Å². The molecule has 0 radical (unpaired) electrons. The fourth-order valence-corrected chi connectivity index (χ4v) is 5.14. The van der Waals surface area contributed by atoms with Crippen LogP contribution in [0.15, 0.2) is 24.3 Å². The molecule has 0 saturated carbocycles. The SMILES string of the molecule is O=C(O)C[C@@H](c1ccc2c(n1)NCCO2)N1CCC(CCCc2ccc3c(n2)NCCC3)C1=O. The molecule has 1 fully saturated rings. The molecule has 0 aliphatic carbocycles. The van der Waals surface area contributed by atoms with E-state index in [0.29, 0.717) is 37.0 Å². The summed E-state index contributed by atoms with van der Waals surface area (Å²) in [6, 6.07) is 7.25. The van der Waals surface area contributed by atoms with Crippen molar-refractivity contribution in [1.82, 2.24) is 14.9 Å². The summed E-state index contributed by atoms with van der Waals surface area (Å²) < 4.78 is 5.58. The van der Waals surface area contributed by atoms with E-state index in [-0.39, 0.29) is 18.2 Å². The number of rotatable bonds is 8. The van der Waals surface area contributed by atoms with E-state index in [9.17, 15) is 14.7 Å². The molecule has 3 aliphatic rings. The first kappa shape index (κ1) is 22.4. The first-order valence-electron chi connectivity index (χ1n) is 12.2. The van der Waals surface area contributed by atoms with Crippen LogP contribution in [-0.4, -0.2) is 58.1 Å². The molecule has 0 aromatic carbocycles. The summed E-state index contributed by atoms with van der Waals surface area (Å²) >= 11 is 0. The Morgan fingerprint density at radius 1 is 1.18 bits per heavy atom. The number of carbonyl (C=O) groups is 2. The average Bonchev–Trinajstić information content (AvgIpc) is 3.22. The topological polar surface area (TPSA) is 117 Å². The standard InChI is InChI=1S/C25H31N5O4/c31-22(32)15-20(19-8-9-21-24(29-19)27-12-14-34-21)30-13-10-17(25(30)33)3-1-5-18-7-6-16-4-2-11-26-23(16)28-18/h6-9,17,20H,1-5,10-15H2,(H,26,28)(H,27,29)(H,31,32)/t17?,20-/m0/s1. The summed E-state index contributed by atoms with van der Waals surface area (Å²) in [6.07, 6.45) is 5.25. The highest BCUT2D eigenvalue weighted by molar-refractivity contribution is 5.82. The summed E-state index contributed by atoms with van der Waals surface area (Å²) in [6.45, 7) is 2.73. The number of hydrogen-bond acceptors (Lipinski definition) is 7. The van der Waals surface area contributed by atoms with Crippen LogP contribution in [-0.2, 0) is 22.4 Å². The number of nitrogens with zero attached hydrogens (tertiary/aromatic N) is 3. The Labute approximate surface area is 198 Å². The number of fused-ring (bicyclic) bond motifs is 2. The predicted octanol–water partition coefficient (Wildman–Crippen LogP) is 3.03. The molecule has 0 bridgehead atoms. The molecule has 2 aromatic heterocycles. The molecule has 5 rings (SSSR count).